The molecule has 0 aromatic heterocycles. The molecule has 5 rings (SSSR count). The van der Waals surface area contributed by atoms with Crippen LogP contribution in [0.25, 0.3) is 0 Å². The van der Waals surface area contributed by atoms with Gasteiger partial charge in [-0.3, -0.25) is 9.59 Å². The fourth-order valence-corrected chi connectivity index (χ4v) is 8.85. The molecule has 0 aromatic rings. The van der Waals surface area contributed by atoms with Crippen molar-refractivity contribution in [1.82, 2.24) is 0 Å². The van der Waals surface area contributed by atoms with E-state index >= 15 is 0 Å². The molecule has 3 fully saturated rings. The van der Waals surface area contributed by atoms with Crippen molar-refractivity contribution in [3.63, 3.8) is 0 Å². The van der Waals surface area contributed by atoms with Gasteiger partial charge in [0.05, 0.1) is 0 Å². The molecule has 0 bridgehead atoms. The third kappa shape index (κ3) is 2.47. The molecule has 0 spiro atoms. The lowest BCUT2D eigenvalue weighted by molar-refractivity contribution is -0.150. The standard InChI is InChI=1S/C29H40O3/c1-18-10-11-25(2)12-14-27(4)22-9-8-19-20(17-21(30)24(31)29(19,6)32-7)26(22,3)13-15-28(27,5)23(25)16-18/h8-9,17-18,23H,10-16H2,1-7H3/t18-,23+,25+,26-,27+,28-,29-/m0/s1. The van der Waals surface area contributed by atoms with Crippen molar-refractivity contribution in [2.24, 2.45) is 33.5 Å². The number of ketones is 2. The number of hydrogen-bond donors (Lipinski definition) is 0. The van der Waals surface area contributed by atoms with E-state index in [-0.39, 0.29) is 16.2 Å². The molecular formula is C29H40O3. The van der Waals surface area contributed by atoms with E-state index in [9.17, 15) is 9.59 Å². The van der Waals surface area contributed by atoms with Crippen LogP contribution in [0.1, 0.15) is 86.5 Å². The molecule has 5 aliphatic carbocycles. The van der Waals surface area contributed by atoms with Gasteiger partial charge in [0.25, 0.3) is 0 Å². The van der Waals surface area contributed by atoms with E-state index in [0.29, 0.717) is 5.41 Å². The van der Waals surface area contributed by atoms with E-state index in [1.54, 1.807) is 20.1 Å². The third-order valence-corrected chi connectivity index (χ3v) is 11.4. The first kappa shape index (κ1) is 22.3. The van der Waals surface area contributed by atoms with Crippen molar-refractivity contribution in [3.8, 4) is 0 Å². The molecule has 0 N–H and O–H groups in total. The van der Waals surface area contributed by atoms with Crippen LogP contribution in [-0.4, -0.2) is 24.3 Å². The van der Waals surface area contributed by atoms with Crippen LogP contribution in [0.4, 0.5) is 0 Å². The van der Waals surface area contributed by atoms with Crippen molar-refractivity contribution in [3.05, 3.63) is 34.9 Å². The first-order valence-corrected chi connectivity index (χ1v) is 12.7. The predicted octanol–water partition coefficient (Wildman–Crippen LogP) is 6.39. The first-order valence-electron chi connectivity index (χ1n) is 12.7. The molecule has 0 radical (unpaired) electrons. The number of allylic oxidation sites excluding steroid dienone is 4. The zero-order chi connectivity index (χ0) is 23.3. The molecule has 0 aromatic carbocycles. The third-order valence-electron chi connectivity index (χ3n) is 11.4. The van der Waals surface area contributed by atoms with Crippen molar-refractivity contribution in [1.29, 1.82) is 0 Å². The van der Waals surface area contributed by atoms with Crippen LogP contribution in [0.2, 0.25) is 0 Å². The summed E-state index contributed by atoms with van der Waals surface area (Å²) in [6.45, 7) is 14.2. The lowest BCUT2D eigenvalue weighted by Crippen LogP contribution is -2.61. The average Bonchev–Trinajstić information content (AvgIpc) is 2.75. The van der Waals surface area contributed by atoms with E-state index in [4.69, 9.17) is 4.74 Å². The van der Waals surface area contributed by atoms with Gasteiger partial charge in [0.15, 0.2) is 5.60 Å². The molecule has 5 aliphatic rings. The molecule has 3 saturated carbocycles. The van der Waals surface area contributed by atoms with Crippen LogP contribution < -0.4 is 0 Å². The number of carbonyl (C=O) groups excluding carboxylic acids is 2. The topological polar surface area (TPSA) is 43.4 Å². The van der Waals surface area contributed by atoms with Gasteiger partial charge in [-0.1, -0.05) is 58.8 Å². The Morgan fingerprint density at radius 3 is 2.31 bits per heavy atom. The fraction of sp³-hybridized carbons (Fsp3) is 0.724. The smallest absolute Gasteiger partial charge is 0.238 e. The van der Waals surface area contributed by atoms with E-state index in [1.807, 2.05) is 0 Å². The van der Waals surface area contributed by atoms with Crippen molar-refractivity contribution < 1.29 is 14.3 Å². The lowest BCUT2D eigenvalue weighted by atomic mass is 9.35. The number of methoxy groups -OCH3 is 1. The number of Topliss-reactive ketones (excluding diaryl/α,β-unsaturated/α-hetero) is 1. The molecule has 3 heteroatoms. The largest absolute Gasteiger partial charge is 0.365 e. The molecule has 0 unspecified atom stereocenters. The van der Waals surface area contributed by atoms with Gasteiger partial charge in [-0.25, -0.2) is 0 Å². The number of hydrogen-bond acceptors (Lipinski definition) is 3. The van der Waals surface area contributed by atoms with Crippen LogP contribution in [-0.2, 0) is 14.3 Å². The van der Waals surface area contributed by atoms with Gasteiger partial charge < -0.3 is 4.74 Å². The SMILES string of the molecule is CO[C@]1(C)C(=O)C(=O)C=C2C1=CC=C1[C@@]2(C)CC[C@@]2(C)[C@@H]3C[C@@H](C)CC[C@]3(C)CC[C@]12C. The number of carbonyl (C=O) groups is 2. The van der Waals surface area contributed by atoms with Gasteiger partial charge >= 0.3 is 0 Å². The van der Waals surface area contributed by atoms with E-state index in [0.717, 1.165) is 29.4 Å². The summed E-state index contributed by atoms with van der Waals surface area (Å²) in [6, 6.07) is 0. The Morgan fingerprint density at radius 2 is 1.62 bits per heavy atom. The Bertz CT molecular complexity index is 1000. The van der Waals surface area contributed by atoms with E-state index in [2.05, 4.69) is 46.8 Å². The van der Waals surface area contributed by atoms with Crippen molar-refractivity contribution >= 4 is 11.6 Å². The molecule has 32 heavy (non-hydrogen) atoms. The molecular weight excluding hydrogens is 396 g/mol. The van der Waals surface area contributed by atoms with Gasteiger partial charge in [-0.15, -0.1) is 0 Å². The van der Waals surface area contributed by atoms with Gasteiger partial charge in [0, 0.05) is 12.5 Å². The Labute approximate surface area is 193 Å². The maximum absolute atomic E-state index is 12.8. The Morgan fingerprint density at radius 1 is 0.906 bits per heavy atom. The van der Waals surface area contributed by atoms with Gasteiger partial charge in [-0.2, -0.15) is 0 Å². The van der Waals surface area contributed by atoms with Crippen LogP contribution in [0.5, 0.6) is 0 Å². The number of fused-ring (bicyclic) bond motifs is 7. The zero-order valence-electron chi connectivity index (χ0n) is 21.1. The highest BCUT2D eigenvalue weighted by molar-refractivity contribution is 6.46. The summed E-state index contributed by atoms with van der Waals surface area (Å²) in [5.74, 6) is 0.673. The number of ether oxygens (including phenoxy) is 1. The first-order chi connectivity index (χ1) is 14.9. The summed E-state index contributed by atoms with van der Waals surface area (Å²) >= 11 is 0. The average molecular weight is 437 g/mol. The molecule has 0 saturated heterocycles. The summed E-state index contributed by atoms with van der Waals surface area (Å²) in [5.41, 5.74) is 2.79. The summed E-state index contributed by atoms with van der Waals surface area (Å²) in [4.78, 5) is 25.6. The molecule has 0 aliphatic heterocycles. The second-order valence-corrected chi connectivity index (χ2v) is 12.8. The van der Waals surface area contributed by atoms with Crippen molar-refractivity contribution in [2.45, 2.75) is 92.1 Å². The minimum atomic E-state index is -1.18. The maximum atomic E-state index is 12.8. The highest BCUT2D eigenvalue weighted by atomic mass is 16.5. The van der Waals surface area contributed by atoms with Crippen LogP contribution in [0.15, 0.2) is 34.9 Å². The minimum absolute atomic E-state index is 0.0953. The molecule has 3 nitrogen and oxygen atoms in total. The monoisotopic (exact) mass is 436 g/mol. The van der Waals surface area contributed by atoms with Gasteiger partial charge in [0.2, 0.25) is 11.6 Å². The summed E-state index contributed by atoms with van der Waals surface area (Å²) in [5, 5.41) is 0. The Balaban J connectivity index is 1.67. The second kappa shape index (κ2) is 6.56. The quantitative estimate of drug-likeness (QED) is 0.448. The van der Waals surface area contributed by atoms with Gasteiger partial charge in [0.1, 0.15) is 0 Å². The summed E-state index contributed by atoms with van der Waals surface area (Å²) in [7, 11) is 1.54. The lowest BCUT2D eigenvalue weighted by Gasteiger charge is -2.69. The van der Waals surface area contributed by atoms with Crippen LogP contribution in [0, 0.1) is 33.5 Å². The summed E-state index contributed by atoms with van der Waals surface area (Å²) < 4.78 is 5.69. The number of rotatable bonds is 1. The highest BCUT2D eigenvalue weighted by Crippen LogP contribution is 2.74. The normalized spacial score (nSPS) is 50.3. The van der Waals surface area contributed by atoms with E-state index in [1.165, 1.54) is 44.1 Å². The molecule has 0 heterocycles. The Kier molecular flexibility index (Phi) is 4.57. The Hall–Kier alpha value is -1.48. The van der Waals surface area contributed by atoms with Crippen LogP contribution >= 0.6 is 0 Å². The second-order valence-electron chi connectivity index (χ2n) is 12.8. The fourth-order valence-electron chi connectivity index (χ4n) is 8.85. The molecule has 7 atom stereocenters. The minimum Gasteiger partial charge on any atom is -0.365 e. The van der Waals surface area contributed by atoms with Crippen LogP contribution in [0.3, 0.4) is 0 Å². The van der Waals surface area contributed by atoms with E-state index < -0.39 is 17.2 Å². The zero-order valence-corrected chi connectivity index (χ0v) is 21.1. The summed E-state index contributed by atoms with van der Waals surface area (Å²) in [6.07, 6.45) is 14.8. The molecule has 0 amide bonds. The predicted molar refractivity (Wildman–Crippen MR) is 127 cm³/mol. The molecule has 174 valence electrons. The van der Waals surface area contributed by atoms with Gasteiger partial charge in [-0.05, 0) is 90.8 Å². The maximum Gasteiger partial charge on any atom is 0.238 e. The highest BCUT2D eigenvalue weighted by Gasteiger charge is 2.66. The van der Waals surface area contributed by atoms with Crippen molar-refractivity contribution in [2.75, 3.05) is 7.11 Å².